The number of fused-ring (bicyclic) bond motifs is 1. The Hall–Kier alpha value is -2.41. The number of furan rings is 1. The number of aromatic nitrogens is 4. The number of anilines is 1. The Kier molecular flexibility index (Phi) is 5.33. The van der Waals surface area contributed by atoms with Crippen LogP contribution in [0.5, 0.6) is 0 Å². The molecule has 0 radical (unpaired) electrons. The fourth-order valence-corrected chi connectivity index (χ4v) is 2.91. The number of aryl methyl sites for hydroxylation is 3. The molecule has 0 amide bonds. The van der Waals surface area contributed by atoms with Crippen molar-refractivity contribution in [3.8, 4) is 0 Å². The second kappa shape index (κ2) is 7.65. The van der Waals surface area contributed by atoms with Gasteiger partial charge >= 0.3 is 0 Å². The van der Waals surface area contributed by atoms with Gasteiger partial charge in [0.25, 0.3) is 0 Å². The molecule has 1 atom stereocenters. The lowest BCUT2D eigenvalue weighted by molar-refractivity contribution is 0.144. The van der Waals surface area contributed by atoms with Gasteiger partial charge in [-0.05, 0) is 38.8 Å². The molecule has 0 unspecified atom stereocenters. The average molecular weight is 343 g/mol. The van der Waals surface area contributed by atoms with Crippen molar-refractivity contribution in [1.29, 1.82) is 0 Å². The van der Waals surface area contributed by atoms with Crippen molar-refractivity contribution in [1.82, 2.24) is 19.7 Å². The van der Waals surface area contributed by atoms with Crippen LogP contribution in [-0.2, 0) is 13.0 Å². The number of hydrogen-bond acceptors (Lipinski definition) is 6. The number of aliphatic hydroxyl groups excluding tert-OH is 1. The summed E-state index contributed by atoms with van der Waals surface area (Å²) in [6, 6.07) is 3.56. The van der Waals surface area contributed by atoms with Crippen LogP contribution in [0.1, 0.15) is 50.1 Å². The smallest absolute Gasteiger partial charge is 0.156 e. The standard InChI is InChI=1S/C18H25N5O2/c1-4-7-15-20-16-12(3)22-23(5-2)17(16)18(21-15)19-10-9-13(24)14-8-6-11-25-14/h6,8,11,13,24H,4-5,7,9-10H2,1-3H3,(H,19,20,21)/t13-/m0/s1. The molecular formula is C18H25N5O2. The maximum absolute atomic E-state index is 10.2. The number of hydrogen-bond donors (Lipinski definition) is 2. The molecule has 0 aromatic carbocycles. The van der Waals surface area contributed by atoms with Crippen LogP contribution < -0.4 is 5.32 Å². The van der Waals surface area contributed by atoms with E-state index in [1.54, 1.807) is 18.4 Å². The SMILES string of the molecule is CCCc1nc(NCC[C@H](O)c2ccco2)c2c(n1)c(C)nn2CC. The van der Waals surface area contributed by atoms with Gasteiger partial charge in [-0.15, -0.1) is 0 Å². The highest BCUT2D eigenvalue weighted by Gasteiger charge is 2.16. The van der Waals surface area contributed by atoms with Crippen molar-refractivity contribution in [2.45, 2.75) is 52.7 Å². The first-order valence-corrected chi connectivity index (χ1v) is 8.83. The molecule has 3 aromatic heterocycles. The zero-order valence-electron chi connectivity index (χ0n) is 15.0. The average Bonchev–Trinajstić information content (AvgIpc) is 3.24. The molecule has 0 bridgehead atoms. The molecule has 3 rings (SSSR count). The Morgan fingerprint density at radius 2 is 2.16 bits per heavy atom. The molecule has 0 aliphatic heterocycles. The summed E-state index contributed by atoms with van der Waals surface area (Å²) < 4.78 is 7.16. The van der Waals surface area contributed by atoms with Crippen LogP contribution in [0.4, 0.5) is 5.82 Å². The van der Waals surface area contributed by atoms with Crippen LogP contribution >= 0.6 is 0 Å². The Bertz CT molecular complexity index is 826. The van der Waals surface area contributed by atoms with Gasteiger partial charge in [0, 0.05) is 19.5 Å². The summed E-state index contributed by atoms with van der Waals surface area (Å²) in [5, 5.41) is 18.1. The summed E-state index contributed by atoms with van der Waals surface area (Å²) in [6.45, 7) is 7.47. The van der Waals surface area contributed by atoms with E-state index >= 15 is 0 Å². The van der Waals surface area contributed by atoms with Gasteiger partial charge in [-0.25, -0.2) is 9.97 Å². The van der Waals surface area contributed by atoms with Gasteiger partial charge < -0.3 is 14.8 Å². The van der Waals surface area contributed by atoms with Crippen molar-refractivity contribution in [2.24, 2.45) is 0 Å². The first-order chi connectivity index (χ1) is 12.1. The molecule has 0 saturated heterocycles. The fourth-order valence-electron chi connectivity index (χ4n) is 2.91. The van der Waals surface area contributed by atoms with E-state index < -0.39 is 6.10 Å². The lowest BCUT2D eigenvalue weighted by atomic mass is 10.2. The maximum Gasteiger partial charge on any atom is 0.156 e. The Morgan fingerprint density at radius 3 is 2.84 bits per heavy atom. The Labute approximate surface area is 147 Å². The lowest BCUT2D eigenvalue weighted by Crippen LogP contribution is -2.11. The Balaban J connectivity index is 1.83. The summed E-state index contributed by atoms with van der Waals surface area (Å²) in [4.78, 5) is 9.36. The predicted molar refractivity (Wildman–Crippen MR) is 96.5 cm³/mol. The zero-order valence-corrected chi connectivity index (χ0v) is 15.0. The van der Waals surface area contributed by atoms with E-state index in [1.165, 1.54) is 0 Å². The highest BCUT2D eigenvalue weighted by atomic mass is 16.4. The van der Waals surface area contributed by atoms with E-state index in [-0.39, 0.29) is 0 Å². The summed E-state index contributed by atoms with van der Waals surface area (Å²) in [7, 11) is 0. The van der Waals surface area contributed by atoms with Gasteiger partial charge in [-0.2, -0.15) is 5.10 Å². The van der Waals surface area contributed by atoms with Gasteiger partial charge in [0.2, 0.25) is 0 Å². The second-order valence-electron chi connectivity index (χ2n) is 6.08. The van der Waals surface area contributed by atoms with Crippen LogP contribution in [0, 0.1) is 6.92 Å². The van der Waals surface area contributed by atoms with Gasteiger partial charge in [0.05, 0.1) is 12.0 Å². The minimum absolute atomic E-state index is 0.529. The van der Waals surface area contributed by atoms with Crippen molar-refractivity contribution in [2.75, 3.05) is 11.9 Å². The van der Waals surface area contributed by atoms with Crippen LogP contribution in [0.3, 0.4) is 0 Å². The van der Waals surface area contributed by atoms with Crippen molar-refractivity contribution in [3.63, 3.8) is 0 Å². The third-order valence-electron chi connectivity index (χ3n) is 4.16. The molecule has 134 valence electrons. The lowest BCUT2D eigenvalue weighted by Gasteiger charge is -2.12. The summed E-state index contributed by atoms with van der Waals surface area (Å²) in [5.41, 5.74) is 2.73. The van der Waals surface area contributed by atoms with Gasteiger partial charge in [0.1, 0.15) is 28.7 Å². The monoisotopic (exact) mass is 343 g/mol. The molecule has 3 heterocycles. The zero-order chi connectivity index (χ0) is 17.8. The predicted octanol–water partition coefficient (Wildman–Crippen LogP) is 3.24. The summed E-state index contributed by atoms with van der Waals surface area (Å²) >= 11 is 0. The molecule has 0 fully saturated rings. The molecule has 0 aliphatic carbocycles. The van der Waals surface area contributed by atoms with E-state index in [2.05, 4.69) is 34.2 Å². The minimum atomic E-state index is -0.632. The van der Waals surface area contributed by atoms with E-state index in [4.69, 9.17) is 4.42 Å². The highest BCUT2D eigenvalue weighted by molar-refractivity contribution is 5.87. The quantitative estimate of drug-likeness (QED) is 0.653. The summed E-state index contributed by atoms with van der Waals surface area (Å²) in [5.74, 6) is 2.18. The van der Waals surface area contributed by atoms with Crippen LogP contribution in [0.2, 0.25) is 0 Å². The van der Waals surface area contributed by atoms with Crippen molar-refractivity contribution < 1.29 is 9.52 Å². The van der Waals surface area contributed by atoms with Crippen LogP contribution in [0.25, 0.3) is 11.0 Å². The first-order valence-electron chi connectivity index (χ1n) is 8.83. The number of nitrogens with zero attached hydrogens (tertiary/aromatic N) is 4. The number of rotatable bonds is 8. The first kappa shape index (κ1) is 17.4. The largest absolute Gasteiger partial charge is 0.467 e. The molecule has 25 heavy (non-hydrogen) atoms. The van der Waals surface area contributed by atoms with Gasteiger partial charge in [0.15, 0.2) is 5.82 Å². The third kappa shape index (κ3) is 3.66. The minimum Gasteiger partial charge on any atom is -0.467 e. The molecule has 7 heteroatoms. The van der Waals surface area contributed by atoms with E-state index in [9.17, 15) is 5.11 Å². The summed E-state index contributed by atoms with van der Waals surface area (Å²) in [6.07, 6.45) is 3.29. The maximum atomic E-state index is 10.2. The van der Waals surface area contributed by atoms with E-state index in [0.29, 0.717) is 18.7 Å². The van der Waals surface area contributed by atoms with E-state index in [1.807, 2.05) is 11.6 Å². The molecule has 0 aliphatic rings. The Morgan fingerprint density at radius 1 is 1.32 bits per heavy atom. The molecule has 2 N–H and O–H groups in total. The van der Waals surface area contributed by atoms with Gasteiger partial charge in [-0.1, -0.05) is 6.92 Å². The van der Waals surface area contributed by atoms with E-state index in [0.717, 1.165) is 47.8 Å². The highest BCUT2D eigenvalue weighted by Crippen LogP contribution is 2.24. The molecule has 3 aromatic rings. The number of aliphatic hydroxyl groups is 1. The van der Waals surface area contributed by atoms with Crippen molar-refractivity contribution in [3.05, 3.63) is 35.7 Å². The van der Waals surface area contributed by atoms with Crippen molar-refractivity contribution >= 4 is 16.9 Å². The van der Waals surface area contributed by atoms with Crippen LogP contribution in [0.15, 0.2) is 22.8 Å². The molecule has 0 spiro atoms. The van der Waals surface area contributed by atoms with Gasteiger partial charge in [-0.3, -0.25) is 4.68 Å². The second-order valence-corrected chi connectivity index (χ2v) is 6.08. The molecule has 7 nitrogen and oxygen atoms in total. The van der Waals surface area contributed by atoms with Crippen LogP contribution in [-0.4, -0.2) is 31.4 Å². The normalized spacial score (nSPS) is 12.6. The fraction of sp³-hybridized carbons (Fsp3) is 0.500. The molecule has 0 saturated carbocycles. The topological polar surface area (TPSA) is 89.0 Å². The molecular weight excluding hydrogens is 318 g/mol. The third-order valence-corrected chi connectivity index (χ3v) is 4.16. The number of nitrogens with one attached hydrogen (secondary N) is 1.